The molecule has 0 spiro atoms. The average molecular weight is 347 g/mol. The van der Waals surface area contributed by atoms with E-state index in [4.69, 9.17) is 4.74 Å². The van der Waals surface area contributed by atoms with Crippen LogP contribution in [-0.4, -0.2) is 25.5 Å². The van der Waals surface area contributed by atoms with E-state index in [2.05, 4.69) is 14.7 Å². The Bertz CT molecular complexity index is 1130. The van der Waals surface area contributed by atoms with Crippen molar-refractivity contribution in [2.24, 2.45) is 0 Å². The number of hydrogen-bond donors (Lipinski definition) is 3. The number of fused-ring (bicyclic) bond motifs is 1. The van der Waals surface area contributed by atoms with Gasteiger partial charge in [-0.1, -0.05) is 6.07 Å². The fraction of sp³-hybridized carbons (Fsp3) is 0.0667. The maximum Gasteiger partial charge on any atom is 0.314 e. The van der Waals surface area contributed by atoms with E-state index in [-0.39, 0.29) is 10.4 Å². The van der Waals surface area contributed by atoms with Crippen molar-refractivity contribution in [3.05, 3.63) is 63.2 Å². The number of nitrogens with one attached hydrogen (secondary N) is 3. The van der Waals surface area contributed by atoms with Gasteiger partial charge in [-0.05, 0) is 30.3 Å². The highest BCUT2D eigenvalue weighted by Crippen LogP contribution is 2.21. The van der Waals surface area contributed by atoms with Gasteiger partial charge in [0.1, 0.15) is 5.75 Å². The van der Waals surface area contributed by atoms with Gasteiger partial charge in [0.05, 0.1) is 28.7 Å². The standard InChI is InChI=1S/C15H13N3O5S/c1-23-10-4-2-3-9(7-10)18-24(21,22)11-5-6-12-13(8-11)17-15(20)14(19)16-12/h2-8,18H,1H3,(H,16,19)(H,17,20). The molecule has 0 atom stereocenters. The van der Waals surface area contributed by atoms with Crippen LogP contribution in [0.2, 0.25) is 0 Å². The summed E-state index contributed by atoms with van der Waals surface area (Å²) in [6, 6.07) is 10.5. The van der Waals surface area contributed by atoms with Crippen molar-refractivity contribution < 1.29 is 13.2 Å². The molecule has 3 aromatic rings. The lowest BCUT2D eigenvalue weighted by atomic mass is 10.3. The van der Waals surface area contributed by atoms with E-state index in [1.165, 1.54) is 31.4 Å². The molecular weight excluding hydrogens is 334 g/mol. The van der Waals surface area contributed by atoms with Crippen LogP contribution in [0.15, 0.2) is 56.9 Å². The summed E-state index contributed by atoms with van der Waals surface area (Å²) in [5.74, 6) is 0.510. The van der Waals surface area contributed by atoms with Gasteiger partial charge < -0.3 is 14.7 Å². The third-order valence-electron chi connectivity index (χ3n) is 3.33. The molecule has 0 radical (unpaired) electrons. The Labute approximate surface area is 136 Å². The number of methoxy groups -OCH3 is 1. The van der Waals surface area contributed by atoms with Crippen LogP contribution >= 0.6 is 0 Å². The van der Waals surface area contributed by atoms with E-state index in [9.17, 15) is 18.0 Å². The number of sulfonamides is 1. The SMILES string of the molecule is COc1cccc(NS(=O)(=O)c2ccc3[nH]c(=O)c(=O)[nH]c3c2)c1. The number of anilines is 1. The average Bonchev–Trinajstić information content (AvgIpc) is 2.55. The van der Waals surface area contributed by atoms with E-state index >= 15 is 0 Å². The summed E-state index contributed by atoms with van der Waals surface area (Å²) < 4.78 is 32.4. The fourth-order valence-electron chi connectivity index (χ4n) is 2.16. The number of aromatic amines is 2. The third kappa shape index (κ3) is 3.01. The van der Waals surface area contributed by atoms with Crippen LogP contribution in [0.25, 0.3) is 11.0 Å². The normalized spacial score (nSPS) is 11.4. The van der Waals surface area contributed by atoms with Crippen LogP contribution in [0, 0.1) is 0 Å². The van der Waals surface area contributed by atoms with Gasteiger partial charge in [0, 0.05) is 6.07 Å². The van der Waals surface area contributed by atoms with Crippen LogP contribution in [-0.2, 0) is 10.0 Å². The molecule has 0 fully saturated rings. The number of rotatable bonds is 4. The minimum atomic E-state index is -3.87. The molecule has 0 aliphatic rings. The second-order valence-electron chi connectivity index (χ2n) is 4.95. The molecule has 0 aliphatic heterocycles. The summed E-state index contributed by atoms with van der Waals surface area (Å²) in [5, 5.41) is 0. The van der Waals surface area contributed by atoms with Gasteiger partial charge in [-0.2, -0.15) is 0 Å². The monoisotopic (exact) mass is 347 g/mol. The van der Waals surface area contributed by atoms with E-state index in [0.717, 1.165) is 0 Å². The molecule has 3 N–H and O–H groups in total. The number of H-pyrrole nitrogens is 2. The molecule has 8 nitrogen and oxygen atoms in total. The summed E-state index contributed by atoms with van der Waals surface area (Å²) in [6.45, 7) is 0. The molecule has 124 valence electrons. The van der Waals surface area contributed by atoms with Crippen molar-refractivity contribution in [2.45, 2.75) is 4.90 Å². The predicted molar refractivity (Wildman–Crippen MR) is 89.0 cm³/mol. The Morgan fingerprint density at radius 2 is 1.67 bits per heavy atom. The van der Waals surface area contributed by atoms with Crippen molar-refractivity contribution in [1.29, 1.82) is 0 Å². The zero-order chi connectivity index (χ0) is 17.3. The highest BCUT2D eigenvalue weighted by atomic mass is 32.2. The van der Waals surface area contributed by atoms with Crippen LogP contribution in [0.3, 0.4) is 0 Å². The Morgan fingerprint density at radius 1 is 0.958 bits per heavy atom. The van der Waals surface area contributed by atoms with Crippen molar-refractivity contribution in [2.75, 3.05) is 11.8 Å². The van der Waals surface area contributed by atoms with Gasteiger partial charge in [-0.15, -0.1) is 0 Å². The Kier molecular flexibility index (Phi) is 3.86. The van der Waals surface area contributed by atoms with Crippen LogP contribution < -0.4 is 20.6 Å². The summed E-state index contributed by atoms with van der Waals surface area (Å²) in [4.78, 5) is 27.3. The molecule has 1 aromatic heterocycles. The van der Waals surface area contributed by atoms with E-state index in [1.807, 2.05) is 0 Å². The fourth-order valence-corrected chi connectivity index (χ4v) is 3.24. The number of ether oxygens (including phenoxy) is 1. The summed E-state index contributed by atoms with van der Waals surface area (Å²) in [5.41, 5.74) is -0.761. The molecular formula is C15H13N3O5S. The Hall–Kier alpha value is -3.07. The van der Waals surface area contributed by atoms with Crippen molar-refractivity contribution in [1.82, 2.24) is 9.97 Å². The maximum absolute atomic E-state index is 12.5. The summed E-state index contributed by atoms with van der Waals surface area (Å²) in [6.07, 6.45) is 0. The molecule has 0 saturated carbocycles. The predicted octanol–water partition coefficient (Wildman–Crippen LogP) is 1.03. The highest BCUT2D eigenvalue weighted by Gasteiger charge is 2.15. The van der Waals surface area contributed by atoms with Gasteiger partial charge >= 0.3 is 11.1 Å². The van der Waals surface area contributed by atoms with Crippen molar-refractivity contribution in [3.8, 4) is 5.75 Å². The molecule has 1 heterocycles. The lowest BCUT2D eigenvalue weighted by molar-refractivity contribution is 0.415. The second-order valence-corrected chi connectivity index (χ2v) is 6.64. The third-order valence-corrected chi connectivity index (χ3v) is 4.70. The zero-order valence-electron chi connectivity index (χ0n) is 12.5. The van der Waals surface area contributed by atoms with Gasteiger partial charge in [-0.3, -0.25) is 14.3 Å². The zero-order valence-corrected chi connectivity index (χ0v) is 13.3. The van der Waals surface area contributed by atoms with E-state index in [1.54, 1.807) is 18.2 Å². The minimum absolute atomic E-state index is 0.0551. The summed E-state index contributed by atoms with van der Waals surface area (Å²) >= 11 is 0. The molecule has 3 rings (SSSR count). The second kappa shape index (κ2) is 5.85. The molecule has 0 bridgehead atoms. The van der Waals surface area contributed by atoms with Gasteiger partial charge in [-0.25, -0.2) is 8.42 Å². The van der Waals surface area contributed by atoms with Crippen molar-refractivity contribution in [3.63, 3.8) is 0 Å². The highest BCUT2D eigenvalue weighted by molar-refractivity contribution is 7.92. The largest absolute Gasteiger partial charge is 0.497 e. The topological polar surface area (TPSA) is 121 Å². The minimum Gasteiger partial charge on any atom is -0.497 e. The van der Waals surface area contributed by atoms with Crippen LogP contribution in [0.1, 0.15) is 0 Å². The molecule has 0 aliphatic carbocycles. The molecule has 0 saturated heterocycles. The Morgan fingerprint density at radius 3 is 2.38 bits per heavy atom. The number of hydrogen-bond acceptors (Lipinski definition) is 5. The first-order valence-corrected chi connectivity index (χ1v) is 8.30. The van der Waals surface area contributed by atoms with E-state index < -0.39 is 21.1 Å². The smallest absolute Gasteiger partial charge is 0.314 e. The maximum atomic E-state index is 12.5. The molecule has 2 aromatic carbocycles. The first-order chi connectivity index (χ1) is 11.4. The lowest BCUT2D eigenvalue weighted by Crippen LogP contribution is -2.29. The number of benzene rings is 2. The molecule has 0 amide bonds. The van der Waals surface area contributed by atoms with Crippen molar-refractivity contribution >= 4 is 26.7 Å². The molecule has 24 heavy (non-hydrogen) atoms. The summed E-state index contributed by atoms with van der Waals surface area (Å²) in [7, 11) is -2.39. The van der Waals surface area contributed by atoms with Crippen LogP contribution in [0.5, 0.6) is 5.75 Å². The van der Waals surface area contributed by atoms with Gasteiger partial charge in [0.2, 0.25) is 0 Å². The molecule has 0 unspecified atom stereocenters. The number of aromatic nitrogens is 2. The lowest BCUT2D eigenvalue weighted by Gasteiger charge is -2.10. The van der Waals surface area contributed by atoms with Gasteiger partial charge in [0.25, 0.3) is 10.0 Å². The first-order valence-electron chi connectivity index (χ1n) is 6.82. The first kappa shape index (κ1) is 15.8. The quantitative estimate of drug-likeness (QED) is 0.609. The molecule has 9 heteroatoms. The van der Waals surface area contributed by atoms with Gasteiger partial charge in [0.15, 0.2) is 0 Å². The Balaban J connectivity index is 2.02. The van der Waals surface area contributed by atoms with E-state index in [0.29, 0.717) is 17.0 Å². The van der Waals surface area contributed by atoms with Crippen LogP contribution in [0.4, 0.5) is 5.69 Å².